The summed E-state index contributed by atoms with van der Waals surface area (Å²) in [5, 5.41) is 0.736. The van der Waals surface area contributed by atoms with Crippen LogP contribution in [0.4, 0.5) is 0 Å². The lowest BCUT2D eigenvalue weighted by Gasteiger charge is -2.24. The molecule has 116 valence electrons. The van der Waals surface area contributed by atoms with Crippen LogP contribution in [0.1, 0.15) is 18.3 Å². The van der Waals surface area contributed by atoms with Gasteiger partial charge in [-0.3, -0.25) is 4.90 Å². The van der Waals surface area contributed by atoms with Crippen LogP contribution < -0.4 is 4.74 Å². The lowest BCUT2D eigenvalue weighted by molar-refractivity contribution is 0.270. The lowest BCUT2D eigenvalue weighted by Crippen LogP contribution is -2.28. The van der Waals surface area contributed by atoms with Gasteiger partial charge in [0.15, 0.2) is 0 Å². The van der Waals surface area contributed by atoms with Gasteiger partial charge in [-0.05, 0) is 36.4 Å². The fraction of sp³-hybridized carbons (Fsp3) is 0.353. The first-order valence-electron chi connectivity index (χ1n) is 7.46. The number of rotatable bonds is 5. The highest BCUT2D eigenvalue weighted by atomic mass is 35.5. The minimum atomic E-state index is 0.631. The number of imidazole rings is 1. The van der Waals surface area contributed by atoms with Crippen molar-refractivity contribution in [3.63, 3.8) is 0 Å². The first-order chi connectivity index (χ1) is 10.7. The fourth-order valence-electron chi connectivity index (χ4n) is 2.60. The number of fused-ring (bicyclic) bond motifs is 1. The molecule has 3 rings (SSSR count). The molecule has 0 N–H and O–H groups in total. The summed E-state index contributed by atoms with van der Waals surface area (Å²) in [5.41, 5.74) is 2.31. The Morgan fingerprint density at radius 1 is 1.36 bits per heavy atom. The molecule has 0 bridgehead atoms. The summed E-state index contributed by atoms with van der Waals surface area (Å²) in [4.78, 5) is 6.75. The average molecular weight is 318 g/mol. The Balaban J connectivity index is 1.73. The van der Waals surface area contributed by atoms with Gasteiger partial charge in [-0.15, -0.1) is 0 Å². The Morgan fingerprint density at radius 2 is 2.23 bits per heavy atom. The maximum absolute atomic E-state index is 6.06. The average Bonchev–Trinajstić information content (AvgIpc) is 2.91. The molecule has 1 aliphatic rings. The zero-order valence-corrected chi connectivity index (χ0v) is 13.7. The molecule has 22 heavy (non-hydrogen) atoms. The summed E-state index contributed by atoms with van der Waals surface area (Å²) in [6.07, 6.45) is 6.00. The van der Waals surface area contributed by atoms with Crippen molar-refractivity contribution >= 4 is 17.7 Å². The number of nitrogens with zero attached hydrogens (tertiary/aromatic N) is 3. The number of halogens is 1. The molecule has 0 saturated carbocycles. The van der Waals surface area contributed by atoms with Crippen LogP contribution in [0.25, 0.3) is 6.08 Å². The first-order valence-corrected chi connectivity index (χ1v) is 7.84. The van der Waals surface area contributed by atoms with Gasteiger partial charge in [-0.2, -0.15) is 0 Å². The molecule has 1 aromatic heterocycles. The Bertz CT molecular complexity index is 693. The van der Waals surface area contributed by atoms with Crippen molar-refractivity contribution in [1.82, 2.24) is 14.5 Å². The van der Waals surface area contributed by atoms with E-state index >= 15 is 0 Å². The van der Waals surface area contributed by atoms with Crippen LogP contribution >= 0.6 is 11.6 Å². The third-order valence-electron chi connectivity index (χ3n) is 3.90. The van der Waals surface area contributed by atoms with Gasteiger partial charge in [0.2, 0.25) is 0 Å². The monoisotopic (exact) mass is 317 g/mol. The van der Waals surface area contributed by atoms with E-state index in [-0.39, 0.29) is 0 Å². The van der Waals surface area contributed by atoms with E-state index in [0.29, 0.717) is 6.61 Å². The molecular weight excluding hydrogens is 298 g/mol. The molecule has 0 fully saturated rings. The van der Waals surface area contributed by atoms with Crippen molar-refractivity contribution < 1.29 is 4.74 Å². The molecule has 2 heterocycles. The highest BCUT2D eigenvalue weighted by molar-refractivity contribution is 6.30. The Morgan fingerprint density at radius 3 is 2.95 bits per heavy atom. The van der Waals surface area contributed by atoms with E-state index in [1.807, 2.05) is 37.6 Å². The topological polar surface area (TPSA) is 30.3 Å². The molecular formula is C17H20ClN3O. The zero-order chi connectivity index (χ0) is 15.5. The first kappa shape index (κ1) is 15.1. The molecule has 0 spiro atoms. The van der Waals surface area contributed by atoms with Crippen molar-refractivity contribution in [3.8, 4) is 5.75 Å². The third-order valence-corrected chi connectivity index (χ3v) is 4.14. The van der Waals surface area contributed by atoms with Gasteiger partial charge in [-0.1, -0.05) is 18.5 Å². The van der Waals surface area contributed by atoms with Gasteiger partial charge in [0.05, 0.1) is 6.54 Å². The summed E-state index contributed by atoms with van der Waals surface area (Å²) < 4.78 is 7.88. The van der Waals surface area contributed by atoms with E-state index < -0.39 is 0 Å². The quantitative estimate of drug-likeness (QED) is 0.847. The maximum atomic E-state index is 6.06. The van der Waals surface area contributed by atoms with Gasteiger partial charge >= 0.3 is 0 Å². The Hall–Kier alpha value is -1.78. The van der Waals surface area contributed by atoms with Crippen LogP contribution in [0.5, 0.6) is 5.75 Å². The van der Waals surface area contributed by atoms with Crippen LogP contribution in [0, 0.1) is 0 Å². The number of likely N-dealkylation sites (N-methyl/N-ethyl adjacent to an activating group) is 1. The Labute approximate surface area is 136 Å². The molecule has 0 unspecified atom stereocenters. The Kier molecular flexibility index (Phi) is 4.50. The second kappa shape index (κ2) is 6.55. The van der Waals surface area contributed by atoms with Crippen molar-refractivity contribution in [2.75, 3.05) is 19.7 Å². The summed E-state index contributed by atoms with van der Waals surface area (Å²) >= 11 is 6.06. The molecule has 4 nitrogen and oxygen atoms in total. The molecule has 5 heteroatoms. The van der Waals surface area contributed by atoms with Crippen molar-refractivity contribution in [3.05, 3.63) is 52.6 Å². The summed E-state index contributed by atoms with van der Waals surface area (Å²) in [5.74, 6) is 1.97. The van der Waals surface area contributed by atoms with E-state index in [4.69, 9.17) is 16.3 Å². The van der Waals surface area contributed by atoms with Crippen LogP contribution in [-0.4, -0.2) is 34.1 Å². The molecule has 1 aliphatic heterocycles. The molecule has 0 radical (unpaired) electrons. The lowest BCUT2D eigenvalue weighted by atomic mass is 10.1. The van der Waals surface area contributed by atoms with Gasteiger partial charge in [0, 0.05) is 36.6 Å². The predicted molar refractivity (Wildman–Crippen MR) is 89.1 cm³/mol. The number of ether oxygens (including phenoxy) is 1. The van der Waals surface area contributed by atoms with Crippen molar-refractivity contribution in [1.29, 1.82) is 0 Å². The highest BCUT2D eigenvalue weighted by Gasteiger charge is 2.15. The summed E-state index contributed by atoms with van der Waals surface area (Å²) in [6, 6.07) is 5.74. The maximum Gasteiger partial charge on any atom is 0.127 e. The molecule has 0 atom stereocenters. The normalized spacial score (nSPS) is 13.7. The number of aryl methyl sites for hydroxylation is 1. The van der Waals surface area contributed by atoms with E-state index in [0.717, 1.165) is 41.8 Å². The predicted octanol–water partition coefficient (Wildman–Crippen LogP) is 3.37. The van der Waals surface area contributed by atoms with Crippen LogP contribution in [-0.2, 0) is 13.6 Å². The SMILES string of the molecule is CCN(CC1=Cc2cc(Cl)ccc2OC1)Cc1nccn1C. The number of benzene rings is 1. The fourth-order valence-corrected chi connectivity index (χ4v) is 2.78. The number of aromatic nitrogens is 2. The van der Waals surface area contributed by atoms with Gasteiger partial charge in [0.1, 0.15) is 18.2 Å². The molecule has 1 aromatic carbocycles. The smallest absolute Gasteiger partial charge is 0.127 e. The number of hydrogen-bond donors (Lipinski definition) is 0. The van der Waals surface area contributed by atoms with E-state index in [2.05, 4.69) is 27.5 Å². The molecule has 0 aliphatic carbocycles. The van der Waals surface area contributed by atoms with Gasteiger partial charge in [-0.25, -0.2) is 4.98 Å². The summed E-state index contributed by atoms with van der Waals surface area (Å²) in [6.45, 7) is 5.46. The second-order valence-corrected chi connectivity index (χ2v) is 5.97. The molecule has 0 amide bonds. The summed E-state index contributed by atoms with van der Waals surface area (Å²) in [7, 11) is 2.03. The minimum absolute atomic E-state index is 0.631. The largest absolute Gasteiger partial charge is 0.489 e. The third kappa shape index (κ3) is 3.34. The second-order valence-electron chi connectivity index (χ2n) is 5.53. The van der Waals surface area contributed by atoms with Gasteiger partial charge in [0.25, 0.3) is 0 Å². The standard InChI is InChI=1S/C17H20ClN3O/c1-3-21(11-17-19-6-7-20(17)2)10-13-8-14-9-15(18)4-5-16(14)22-12-13/h4-9H,3,10-12H2,1-2H3. The van der Waals surface area contributed by atoms with Crippen LogP contribution in [0.3, 0.4) is 0 Å². The highest BCUT2D eigenvalue weighted by Crippen LogP contribution is 2.29. The van der Waals surface area contributed by atoms with Crippen LogP contribution in [0.2, 0.25) is 5.02 Å². The van der Waals surface area contributed by atoms with E-state index in [9.17, 15) is 0 Å². The molecule has 2 aromatic rings. The molecule has 0 saturated heterocycles. The van der Waals surface area contributed by atoms with E-state index in [1.165, 1.54) is 5.57 Å². The van der Waals surface area contributed by atoms with Crippen molar-refractivity contribution in [2.24, 2.45) is 7.05 Å². The zero-order valence-electron chi connectivity index (χ0n) is 12.9. The van der Waals surface area contributed by atoms with E-state index in [1.54, 1.807) is 0 Å². The minimum Gasteiger partial charge on any atom is -0.489 e. The number of hydrogen-bond acceptors (Lipinski definition) is 3. The van der Waals surface area contributed by atoms with Crippen LogP contribution in [0.15, 0.2) is 36.2 Å². The van der Waals surface area contributed by atoms with Crippen molar-refractivity contribution in [2.45, 2.75) is 13.5 Å². The van der Waals surface area contributed by atoms with Gasteiger partial charge < -0.3 is 9.30 Å².